The summed E-state index contributed by atoms with van der Waals surface area (Å²) in [6, 6.07) is 7.15. The number of hydrogen-bond acceptors (Lipinski definition) is 5. The fourth-order valence-electron chi connectivity index (χ4n) is 2.82. The van der Waals surface area contributed by atoms with E-state index >= 15 is 0 Å². The molecule has 1 aliphatic rings. The summed E-state index contributed by atoms with van der Waals surface area (Å²) in [7, 11) is 0. The summed E-state index contributed by atoms with van der Waals surface area (Å²) in [5.41, 5.74) is -2.14. The summed E-state index contributed by atoms with van der Waals surface area (Å²) >= 11 is 4.70. The van der Waals surface area contributed by atoms with Gasteiger partial charge in [-0.1, -0.05) is 13.8 Å². The van der Waals surface area contributed by atoms with Gasteiger partial charge in [-0.3, -0.25) is 4.79 Å². The molecule has 2 heterocycles. The van der Waals surface area contributed by atoms with Gasteiger partial charge in [0.25, 0.3) is 5.91 Å². The smallest absolute Gasteiger partial charge is 0.420 e. The lowest BCUT2D eigenvalue weighted by atomic mass is 10.0. The van der Waals surface area contributed by atoms with Crippen molar-refractivity contribution in [2.45, 2.75) is 26.3 Å². The Morgan fingerprint density at radius 1 is 1.34 bits per heavy atom. The van der Waals surface area contributed by atoms with Gasteiger partial charge in [-0.25, -0.2) is 4.98 Å². The van der Waals surface area contributed by atoms with Gasteiger partial charge in [-0.2, -0.15) is 0 Å². The molecule has 0 spiro atoms. The van der Waals surface area contributed by atoms with Crippen LogP contribution in [-0.2, 0) is 0 Å². The third kappa shape index (κ3) is 6.27. The fraction of sp³-hybridized carbons (Fsp3) is 0.400. The predicted octanol–water partition coefficient (Wildman–Crippen LogP) is 4.26. The molecule has 1 aliphatic heterocycles. The number of pyridine rings is 1. The van der Waals surface area contributed by atoms with E-state index < -0.39 is 5.57 Å². The van der Waals surface area contributed by atoms with Gasteiger partial charge >= 0.3 is 5.57 Å². The van der Waals surface area contributed by atoms with Gasteiger partial charge in [-0.05, 0) is 42.8 Å². The number of amides is 1. The number of aromatic nitrogens is 1. The van der Waals surface area contributed by atoms with Crippen LogP contribution in [0.5, 0.6) is 5.75 Å². The second-order valence-corrected chi connectivity index (χ2v) is 6.78. The summed E-state index contributed by atoms with van der Waals surface area (Å²) in [4.78, 5) is 18.8. The minimum absolute atomic E-state index is 0.120. The van der Waals surface area contributed by atoms with E-state index in [1.165, 1.54) is 30.5 Å². The zero-order valence-corrected chi connectivity index (χ0v) is 17.2. The standard InChI is InChI=1S/C18H18ClF2N3O3.C2H6/c1-11-6-13(7-22-16(11)24-8-12(9-24)10-25)17(26)23-14-2-4-15(5-3-14)27-18(19,20)21;1-2/h2-7,12,25H,8-10H2,1H3,(H,23,26);1-2H3. The number of aryl methyl sites for hydroxylation is 1. The molecule has 29 heavy (non-hydrogen) atoms. The van der Waals surface area contributed by atoms with E-state index in [0.29, 0.717) is 11.3 Å². The molecule has 1 aromatic carbocycles. The number of nitrogens with one attached hydrogen (secondary N) is 1. The van der Waals surface area contributed by atoms with Crippen LogP contribution < -0.4 is 15.0 Å². The van der Waals surface area contributed by atoms with Crippen LogP contribution in [0.4, 0.5) is 20.3 Å². The molecule has 0 unspecified atom stereocenters. The van der Waals surface area contributed by atoms with E-state index in [1.54, 1.807) is 6.07 Å². The van der Waals surface area contributed by atoms with Gasteiger partial charge in [0.2, 0.25) is 0 Å². The Hall–Kier alpha value is -2.45. The van der Waals surface area contributed by atoms with Crippen LogP contribution in [0.15, 0.2) is 36.5 Å². The number of alkyl halides is 3. The molecule has 6 nitrogen and oxygen atoms in total. The molecular formula is C20H24ClF2N3O3. The number of carbonyl (C=O) groups is 1. The first kappa shape index (κ1) is 22.8. The number of carbonyl (C=O) groups excluding carboxylic acids is 1. The highest BCUT2D eigenvalue weighted by atomic mass is 35.5. The minimum Gasteiger partial charge on any atom is -0.420 e. The second-order valence-electron chi connectivity index (χ2n) is 6.34. The van der Waals surface area contributed by atoms with Crippen LogP contribution in [0.25, 0.3) is 0 Å². The summed E-state index contributed by atoms with van der Waals surface area (Å²) in [6.07, 6.45) is 1.48. The number of aliphatic hydroxyl groups is 1. The minimum atomic E-state index is -3.79. The highest BCUT2D eigenvalue weighted by Crippen LogP contribution is 2.27. The van der Waals surface area contributed by atoms with Crippen molar-refractivity contribution in [2.24, 2.45) is 5.92 Å². The Balaban J connectivity index is 0.00000145. The zero-order chi connectivity index (χ0) is 21.6. The van der Waals surface area contributed by atoms with E-state index in [2.05, 4.69) is 15.0 Å². The summed E-state index contributed by atoms with van der Waals surface area (Å²) < 4.78 is 29.4. The first-order valence-corrected chi connectivity index (χ1v) is 9.62. The van der Waals surface area contributed by atoms with Gasteiger partial charge in [-0.15, -0.1) is 8.78 Å². The van der Waals surface area contributed by atoms with Gasteiger partial charge in [0.15, 0.2) is 0 Å². The van der Waals surface area contributed by atoms with Crippen LogP contribution in [0.1, 0.15) is 29.8 Å². The molecule has 0 saturated carbocycles. The number of ether oxygens (including phenoxy) is 1. The van der Waals surface area contributed by atoms with Crippen molar-refractivity contribution in [1.82, 2.24) is 4.98 Å². The number of nitrogens with zero attached hydrogens (tertiary/aromatic N) is 2. The maximum absolute atomic E-state index is 12.6. The summed E-state index contributed by atoms with van der Waals surface area (Å²) in [5, 5.41) is 11.8. The maximum atomic E-state index is 12.6. The molecule has 2 aromatic rings. The van der Waals surface area contributed by atoms with Gasteiger partial charge < -0.3 is 20.1 Å². The quantitative estimate of drug-likeness (QED) is 0.673. The lowest BCUT2D eigenvalue weighted by Gasteiger charge is -2.39. The van der Waals surface area contributed by atoms with Crippen molar-refractivity contribution < 1.29 is 23.4 Å². The van der Waals surface area contributed by atoms with Crippen LogP contribution in [0.2, 0.25) is 0 Å². The van der Waals surface area contributed by atoms with E-state index in [9.17, 15) is 13.6 Å². The topological polar surface area (TPSA) is 74.7 Å². The number of rotatable bonds is 6. The Kier molecular flexibility index (Phi) is 7.75. The number of hydrogen-bond donors (Lipinski definition) is 2. The molecule has 0 atom stereocenters. The first-order valence-electron chi connectivity index (χ1n) is 9.25. The SMILES string of the molecule is CC.Cc1cc(C(=O)Nc2ccc(OC(F)(F)Cl)cc2)cnc1N1CC(CO)C1. The molecule has 9 heteroatoms. The second kappa shape index (κ2) is 9.84. The third-order valence-electron chi connectivity index (χ3n) is 4.17. The molecule has 1 aromatic heterocycles. The van der Waals surface area contributed by atoms with Gasteiger partial charge in [0, 0.05) is 49.1 Å². The monoisotopic (exact) mass is 427 g/mol. The zero-order valence-electron chi connectivity index (χ0n) is 16.5. The molecule has 1 fully saturated rings. The van der Waals surface area contributed by atoms with Gasteiger partial charge in [0.1, 0.15) is 11.6 Å². The molecule has 158 valence electrons. The van der Waals surface area contributed by atoms with Crippen molar-refractivity contribution in [2.75, 3.05) is 29.9 Å². The van der Waals surface area contributed by atoms with Crippen LogP contribution in [0, 0.1) is 12.8 Å². The Bertz CT molecular complexity index is 823. The van der Waals surface area contributed by atoms with Crippen LogP contribution >= 0.6 is 11.6 Å². The number of benzene rings is 1. The molecule has 0 radical (unpaired) electrons. The van der Waals surface area contributed by atoms with Crippen molar-refractivity contribution in [3.05, 3.63) is 47.7 Å². The van der Waals surface area contributed by atoms with E-state index in [0.717, 1.165) is 24.5 Å². The fourth-order valence-corrected chi connectivity index (χ4v) is 2.91. The predicted molar refractivity (Wildman–Crippen MR) is 109 cm³/mol. The summed E-state index contributed by atoms with van der Waals surface area (Å²) in [5.74, 6) is 0.565. The van der Waals surface area contributed by atoms with Crippen molar-refractivity contribution in [3.63, 3.8) is 0 Å². The molecule has 0 bridgehead atoms. The average Bonchev–Trinajstić information content (AvgIpc) is 2.64. The summed E-state index contributed by atoms with van der Waals surface area (Å²) in [6.45, 7) is 7.50. The number of halogens is 3. The lowest BCUT2D eigenvalue weighted by Crippen LogP contribution is -2.49. The largest absolute Gasteiger partial charge is 0.487 e. The first-order chi connectivity index (χ1) is 13.7. The normalized spacial score (nSPS) is 13.8. The molecule has 1 amide bonds. The molecule has 3 rings (SSSR count). The Morgan fingerprint density at radius 3 is 2.48 bits per heavy atom. The van der Waals surface area contributed by atoms with Crippen molar-refractivity contribution >= 4 is 29.0 Å². The van der Waals surface area contributed by atoms with Crippen LogP contribution in [0.3, 0.4) is 0 Å². The molecule has 2 N–H and O–H groups in total. The van der Waals surface area contributed by atoms with E-state index in [-0.39, 0.29) is 24.2 Å². The van der Waals surface area contributed by atoms with Crippen molar-refractivity contribution in [3.8, 4) is 5.75 Å². The Labute approximate surface area is 173 Å². The van der Waals surface area contributed by atoms with Gasteiger partial charge in [0.05, 0.1) is 5.56 Å². The highest BCUT2D eigenvalue weighted by molar-refractivity contribution is 6.20. The maximum Gasteiger partial charge on any atom is 0.487 e. The van der Waals surface area contributed by atoms with E-state index in [4.69, 9.17) is 16.7 Å². The third-order valence-corrected chi connectivity index (χ3v) is 4.25. The molecule has 0 aliphatic carbocycles. The lowest BCUT2D eigenvalue weighted by molar-refractivity contribution is -0.0964. The van der Waals surface area contributed by atoms with Crippen molar-refractivity contribution in [1.29, 1.82) is 0 Å². The molecular weight excluding hydrogens is 404 g/mol. The highest BCUT2D eigenvalue weighted by Gasteiger charge is 2.28. The van der Waals surface area contributed by atoms with Crippen LogP contribution in [-0.4, -0.2) is 41.3 Å². The number of anilines is 2. The molecule has 1 saturated heterocycles. The van der Waals surface area contributed by atoms with E-state index in [1.807, 2.05) is 25.7 Å². The average molecular weight is 428 g/mol. The number of aliphatic hydroxyl groups excluding tert-OH is 1. The Morgan fingerprint density at radius 2 is 1.97 bits per heavy atom.